The van der Waals surface area contributed by atoms with Crippen LogP contribution >= 0.6 is 11.6 Å². The summed E-state index contributed by atoms with van der Waals surface area (Å²) in [7, 11) is 0. The summed E-state index contributed by atoms with van der Waals surface area (Å²) < 4.78 is 14.3. The Balaban J connectivity index is 1.78. The van der Waals surface area contributed by atoms with Gasteiger partial charge in [0.05, 0.1) is 0 Å². The normalized spacial score (nSPS) is 11.3. The van der Waals surface area contributed by atoms with Gasteiger partial charge in [-0.15, -0.1) is 0 Å². The molecule has 0 saturated heterocycles. The van der Waals surface area contributed by atoms with Gasteiger partial charge in [0.1, 0.15) is 5.82 Å². The lowest BCUT2D eigenvalue weighted by atomic mass is 9.99. The lowest BCUT2D eigenvalue weighted by molar-refractivity contribution is 0.104. The Morgan fingerprint density at radius 3 is 2.30 bits per heavy atom. The number of hydrogen-bond donors (Lipinski definition) is 0. The molecule has 0 aliphatic rings. The van der Waals surface area contributed by atoms with Crippen molar-refractivity contribution in [1.29, 1.82) is 0 Å². The zero-order chi connectivity index (χ0) is 19.1. The summed E-state index contributed by atoms with van der Waals surface area (Å²) in [6.07, 6.45) is 7.28. The van der Waals surface area contributed by atoms with Gasteiger partial charge in [0, 0.05) is 16.1 Å². The van der Waals surface area contributed by atoms with Crippen LogP contribution in [0.1, 0.15) is 27.0 Å². The van der Waals surface area contributed by atoms with Crippen LogP contribution in [0.5, 0.6) is 0 Å². The minimum absolute atomic E-state index is 0.215. The average molecular weight is 377 g/mol. The predicted molar refractivity (Wildman–Crippen MR) is 110 cm³/mol. The molecule has 0 bridgehead atoms. The summed E-state index contributed by atoms with van der Waals surface area (Å²) in [5, 5.41) is 0.666. The first kappa shape index (κ1) is 18.8. The monoisotopic (exact) mass is 376 g/mol. The number of ketones is 1. The van der Waals surface area contributed by atoms with Gasteiger partial charge in [-0.3, -0.25) is 4.79 Å². The molecule has 3 aromatic carbocycles. The first-order valence-electron chi connectivity index (χ1n) is 8.60. The lowest BCUT2D eigenvalue weighted by Gasteiger charge is -2.06. The van der Waals surface area contributed by atoms with Crippen LogP contribution < -0.4 is 0 Å². The number of hydrogen-bond acceptors (Lipinski definition) is 1. The van der Waals surface area contributed by atoms with Crippen molar-refractivity contribution < 1.29 is 9.18 Å². The van der Waals surface area contributed by atoms with Crippen molar-refractivity contribution in [3.63, 3.8) is 0 Å². The maximum Gasteiger partial charge on any atom is 0.186 e. The number of allylic oxidation sites excluding steroid dienone is 2. The van der Waals surface area contributed by atoms with Crippen LogP contribution in [0.4, 0.5) is 4.39 Å². The average Bonchev–Trinajstić information content (AvgIpc) is 2.69. The van der Waals surface area contributed by atoms with E-state index in [9.17, 15) is 9.18 Å². The van der Waals surface area contributed by atoms with E-state index in [1.54, 1.807) is 30.3 Å². The van der Waals surface area contributed by atoms with Gasteiger partial charge in [0.25, 0.3) is 0 Å². The second-order valence-corrected chi connectivity index (χ2v) is 6.47. The molecule has 3 heteroatoms. The van der Waals surface area contributed by atoms with Crippen LogP contribution in [0.25, 0.3) is 12.2 Å². The highest BCUT2D eigenvalue weighted by atomic mass is 35.5. The van der Waals surface area contributed by atoms with Gasteiger partial charge in [0.15, 0.2) is 5.78 Å². The SMILES string of the molecule is O=C(/C=C/c1ccccc1)c1cccc(F)c1C/C=C/c1ccc(Cl)cc1. The summed E-state index contributed by atoms with van der Waals surface area (Å²) in [5.41, 5.74) is 2.66. The highest BCUT2D eigenvalue weighted by Gasteiger charge is 2.12. The quantitative estimate of drug-likeness (QED) is 0.348. The van der Waals surface area contributed by atoms with Crippen LogP contribution in [0.2, 0.25) is 5.02 Å². The third-order valence-electron chi connectivity index (χ3n) is 4.11. The maximum absolute atomic E-state index is 14.3. The number of rotatable bonds is 6. The van der Waals surface area contributed by atoms with Gasteiger partial charge >= 0.3 is 0 Å². The molecule has 0 spiro atoms. The number of halogens is 2. The van der Waals surface area contributed by atoms with Gasteiger partial charge in [-0.2, -0.15) is 0 Å². The molecule has 1 nitrogen and oxygen atoms in total. The van der Waals surface area contributed by atoms with E-state index in [0.29, 0.717) is 22.6 Å². The lowest BCUT2D eigenvalue weighted by Crippen LogP contribution is -2.03. The predicted octanol–water partition coefficient (Wildman–Crippen LogP) is 6.63. The zero-order valence-electron chi connectivity index (χ0n) is 14.6. The smallest absolute Gasteiger partial charge is 0.186 e. The minimum Gasteiger partial charge on any atom is -0.289 e. The molecule has 0 fully saturated rings. The molecule has 0 aliphatic heterocycles. The van der Waals surface area contributed by atoms with Crippen molar-refractivity contribution in [3.8, 4) is 0 Å². The molecule has 0 aliphatic carbocycles. The Kier molecular flexibility index (Phi) is 6.35. The fourth-order valence-electron chi connectivity index (χ4n) is 2.71. The first-order valence-corrected chi connectivity index (χ1v) is 8.98. The Bertz CT molecular complexity index is 973. The van der Waals surface area contributed by atoms with Gasteiger partial charge in [-0.1, -0.05) is 84.4 Å². The highest BCUT2D eigenvalue weighted by molar-refractivity contribution is 6.30. The molecule has 0 saturated carbocycles. The first-order chi connectivity index (χ1) is 13.1. The van der Waals surface area contributed by atoms with Crippen LogP contribution in [-0.2, 0) is 6.42 Å². The standard InChI is InChI=1S/C24H18ClFO/c25-20-15-12-19(13-16-20)8-4-9-21-22(10-5-11-23(21)26)24(27)17-14-18-6-2-1-3-7-18/h1-8,10-17H,9H2/b8-4+,17-14+. The fourth-order valence-corrected chi connectivity index (χ4v) is 2.84. The molecule has 0 amide bonds. The third kappa shape index (κ3) is 5.25. The second-order valence-electron chi connectivity index (χ2n) is 6.03. The molecule has 0 heterocycles. The summed E-state index contributed by atoms with van der Waals surface area (Å²) in [6.45, 7) is 0. The van der Waals surface area contributed by atoms with E-state index in [1.807, 2.05) is 54.6 Å². The van der Waals surface area contributed by atoms with E-state index in [4.69, 9.17) is 11.6 Å². The van der Waals surface area contributed by atoms with E-state index in [2.05, 4.69) is 0 Å². The van der Waals surface area contributed by atoms with Crippen LogP contribution in [-0.4, -0.2) is 5.78 Å². The van der Waals surface area contributed by atoms with Crippen LogP contribution in [0.3, 0.4) is 0 Å². The van der Waals surface area contributed by atoms with Crippen molar-refractivity contribution in [1.82, 2.24) is 0 Å². The number of benzene rings is 3. The molecule has 27 heavy (non-hydrogen) atoms. The molecule has 3 aromatic rings. The molecular formula is C24H18ClFO. The minimum atomic E-state index is -0.380. The number of carbonyl (C=O) groups excluding carboxylic acids is 1. The van der Waals surface area contributed by atoms with Crippen molar-refractivity contribution >= 4 is 29.5 Å². The largest absolute Gasteiger partial charge is 0.289 e. The van der Waals surface area contributed by atoms with Crippen molar-refractivity contribution in [2.75, 3.05) is 0 Å². The van der Waals surface area contributed by atoms with Gasteiger partial charge in [-0.25, -0.2) is 4.39 Å². The van der Waals surface area contributed by atoms with Crippen LogP contribution in [0.15, 0.2) is 84.9 Å². The molecule has 0 radical (unpaired) electrons. The Hall–Kier alpha value is -2.97. The Labute approximate surface area is 163 Å². The van der Waals surface area contributed by atoms with E-state index in [0.717, 1.165) is 11.1 Å². The molecule has 0 unspecified atom stereocenters. The summed E-state index contributed by atoms with van der Waals surface area (Å²) >= 11 is 5.87. The topological polar surface area (TPSA) is 17.1 Å². The van der Waals surface area contributed by atoms with Crippen molar-refractivity contribution in [2.45, 2.75) is 6.42 Å². The second kappa shape index (κ2) is 9.11. The molecular weight excluding hydrogens is 359 g/mol. The summed E-state index contributed by atoms with van der Waals surface area (Å²) in [6, 6.07) is 21.5. The van der Waals surface area contributed by atoms with Gasteiger partial charge in [-0.05, 0) is 41.8 Å². The summed E-state index contributed by atoms with van der Waals surface area (Å²) in [4.78, 5) is 12.6. The molecule has 134 valence electrons. The molecule has 0 N–H and O–H groups in total. The Morgan fingerprint density at radius 1 is 0.852 bits per heavy atom. The van der Waals surface area contributed by atoms with E-state index < -0.39 is 0 Å². The fraction of sp³-hybridized carbons (Fsp3) is 0.0417. The molecule has 3 rings (SSSR count). The molecule has 0 aromatic heterocycles. The third-order valence-corrected chi connectivity index (χ3v) is 4.37. The van der Waals surface area contributed by atoms with Crippen molar-refractivity contribution in [2.24, 2.45) is 0 Å². The maximum atomic E-state index is 14.3. The Morgan fingerprint density at radius 2 is 1.56 bits per heavy atom. The van der Waals surface area contributed by atoms with Crippen molar-refractivity contribution in [3.05, 3.63) is 118 Å². The van der Waals surface area contributed by atoms with E-state index >= 15 is 0 Å². The van der Waals surface area contributed by atoms with E-state index in [1.165, 1.54) is 12.1 Å². The number of carbonyl (C=O) groups is 1. The van der Waals surface area contributed by atoms with Crippen LogP contribution in [0, 0.1) is 5.82 Å². The zero-order valence-corrected chi connectivity index (χ0v) is 15.4. The van der Waals surface area contributed by atoms with Gasteiger partial charge < -0.3 is 0 Å². The van der Waals surface area contributed by atoms with Gasteiger partial charge in [0.2, 0.25) is 0 Å². The van der Waals surface area contributed by atoms with E-state index in [-0.39, 0.29) is 11.6 Å². The summed E-state index contributed by atoms with van der Waals surface area (Å²) in [5.74, 6) is -0.594. The highest BCUT2D eigenvalue weighted by Crippen LogP contribution is 2.18. The molecule has 0 atom stereocenters.